The Hall–Kier alpha value is -1.63. The minimum atomic E-state index is -3.38. The van der Waals surface area contributed by atoms with Crippen molar-refractivity contribution in [3.63, 3.8) is 0 Å². The number of carbonyl (C=O) groups is 1. The number of hydrogen-bond acceptors (Lipinski definition) is 4. The largest absolute Gasteiger partial charge is 0.479 e. The van der Waals surface area contributed by atoms with Crippen LogP contribution in [0.15, 0.2) is 24.3 Å². The summed E-state index contributed by atoms with van der Waals surface area (Å²) in [6.45, 7) is 0. The van der Waals surface area contributed by atoms with Gasteiger partial charge in [0.1, 0.15) is 11.4 Å². The Morgan fingerprint density at radius 2 is 1.95 bits per heavy atom. The van der Waals surface area contributed by atoms with Crippen LogP contribution in [0.5, 0.6) is 0 Å². The molecule has 1 saturated heterocycles. The van der Waals surface area contributed by atoms with Crippen molar-refractivity contribution in [3.8, 4) is 0 Å². The summed E-state index contributed by atoms with van der Waals surface area (Å²) in [4.78, 5) is 11.4. The van der Waals surface area contributed by atoms with E-state index in [9.17, 15) is 22.7 Å². The number of halogens is 1. The summed E-state index contributed by atoms with van der Waals surface area (Å²) in [6.07, 6.45) is 0.516. The van der Waals surface area contributed by atoms with E-state index in [0.29, 0.717) is 12.1 Å². The first-order chi connectivity index (χ1) is 8.83. The summed E-state index contributed by atoms with van der Waals surface area (Å²) in [5.74, 6) is -2.09. The van der Waals surface area contributed by atoms with Crippen molar-refractivity contribution in [3.05, 3.63) is 30.1 Å². The topological polar surface area (TPSA) is 83.5 Å². The maximum absolute atomic E-state index is 12.8. The predicted octanol–water partition coefficient (Wildman–Crippen LogP) is 1.27. The van der Waals surface area contributed by atoms with Gasteiger partial charge in [0.15, 0.2) is 9.84 Å². The minimum Gasteiger partial charge on any atom is -0.479 e. The van der Waals surface area contributed by atoms with Crippen LogP contribution in [-0.2, 0) is 14.6 Å². The molecule has 1 aliphatic heterocycles. The fourth-order valence-electron chi connectivity index (χ4n) is 2.24. The van der Waals surface area contributed by atoms with Crippen molar-refractivity contribution in [1.29, 1.82) is 0 Å². The third-order valence-corrected chi connectivity index (χ3v) is 5.01. The molecule has 1 aromatic carbocycles. The number of nitrogens with one attached hydrogen (secondary N) is 1. The molecule has 0 amide bonds. The Morgan fingerprint density at radius 1 is 1.32 bits per heavy atom. The second kappa shape index (κ2) is 4.80. The molecule has 7 heteroatoms. The smallest absolute Gasteiger partial charge is 0.330 e. The summed E-state index contributed by atoms with van der Waals surface area (Å²) in [7, 11) is -3.38. The van der Waals surface area contributed by atoms with Crippen molar-refractivity contribution < 1.29 is 22.7 Å². The van der Waals surface area contributed by atoms with Gasteiger partial charge in [-0.1, -0.05) is 0 Å². The van der Waals surface area contributed by atoms with E-state index in [1.54, 1.807) is 0 Å². The van der Waals surface area contributed by atoms with Crippen molar-refractivity contribution in [2.75, 3.05) is 16.8 Å². The lowest BCUT2D eigenvalue weighted by atomic mass is 9.95. The van der Waals surface area contributed by atoms with Gasteiger partial charge in [-0.15, -0.1) is 0 Å². The van der Waals surface area contributed by atoms with Gasteiger partial charge >= 0.3 is 5.97 Å². The highest BCUT2D eigenvalue weighted by Crippen LogP contribution is 2.28. The first kappa shape index (κ1) is 13.8. The van der Waals surface area contributed by atoms with Crippen LogP contribution < -0.4 is 5.32 Å². The van der Waals surface area contributed by atoms with Gasteiger partial charge in [-0.3, -0.25) is 0 Å². The normalized spacial score (nSPS) is 25.7. The zero-order valence-corrected chi connectivity index (χ0v) is 10.9. The number of aliphatic carboxylic acids is 1. The van der Waals surface area contributed by atoms with Crippen molar-refractivity contribution in [2.45, 2.75) is 18.4 Å². The summed E-state index contributed by atoms with van der Waals surface area (Å²) in [5, 5.41) is 12.1. The molecular weight excluding hydrogens is 273 g/mol. The maximum atomic E-state index is 12.8. The van der Waals surface area contributed by atoms with Crippen LogP contribution in [0.25, 0.3) is 0 Å². The van der Waals surface area contributed by atoms with Crippen LogP contribution in [0.2, 0.25) is 0 Å². The molecular formula is C12H14FNO4S. The lowest BCUT2D eigenvalue weighted by Crippen LogP contribution is -2.54. The summed E-state index contributed by atoms with van der Waals surface area (Å²) >= 11 is 0. The van der Waals surface area contributed by atoms with Crippen LogP contribution in [0.1, 0.15) is 12.8 Å². The quantitative estimate of drug-likeness (QED) is 0.874. The predicted molar refractivity (Wildman–Crippen MR) is 68.3 cm³/mol. The summed E-state index contributed by atoms with van der Waals surface area (Å²) in [6, 6.07) is 5.16. The van der Waals surface area contributed by atoms with E-state index < -0.39 is 32.9 Å². The number of anilines is 1. The van der Waals surface area contributed by atoms with Crippen molar-refractivity contribution >= 4 is 21.5 Å². The molecule has 0 saturated carbocycles. The van der Waals surface area contributed by atoms with Gasteiger partial charge in [0.2, 0.25) is 0 Å². The van der Waals surface area contributed by atoms with E-state index >= 15 is 0 Å². The minimum absolute atomic E-state index is 0.00707. The maximum Gasteiger partial charge on any atom is 0.330 e. The highest BCUT2D eigenvalue weighted by Gasteiger charge is 2.45. The molecule has 1 atom stereocenters. The van der Waals surface area contributed by atoms with Crippen LogP contribution >= 0.6 is 0 Å². The van der Waals surface area contributed by atoms with Crippen molar-refractivity contribution in [2.24, 2.45) is 0 Å². The van der Waals surface area contributed by atoms with Gasteiger partial charge in [0.05, 0.1) is 11.5 Å². The Balaban J connectivity index is 2.30. The molecule has 19 heavy (non-hydrogen) atoms. The van der Waals surface area contributed by atoms with Gasteiger partial charge in [-0.2, -0.15) is 0 Å². The zero-order chi connectivity index (χ0) is 14.1. The van der Waals surface area contributed by atoms with Crippen molar-refractivity contribution in [1.82, 2.24) is 0 Å². The van der Waals surface area contributed by atoms with Crippen LogP contribution in [0, 0.1) is 5.82 Å². The molecule has 1 fully saturated rings. The molecule has 1 unspecified atom stereocenters. The lowest BCUT2D eigenvalue weighted by molar-refractivity contribution is -0.141. The van der Waals surface area contributed by atoms with Gasteiger partial charge in [0.25, 0.3) is 0 Å². The molecule has 1 heterocycles. The first-order valence-corrected chi connectivity index (χ1v) is 7.63. The number of carboxylic acids is 1. The Kier molecular flexibility index (Phi) is 3.49. The van der Waals surface area contributed by atoms with E-state index in [0.717, 1.165) is 0 Å². The molecule has 2 N–H and O–H groups in total. The fraction of sp³-hybridized carbons (Fsp3) is 0.417. The third kappa shape index (κ3) is 3.04. The number of sulfone groups is 1. The standard InChI is InChI=1S/C12H14FNO4S/c13-9-2-4-10(5-3-9)14-12(11(15)16)6-1-7-19(17,18)8-12/h2-5,14H,1,6-8H2,(H,15,16). The third-order valence-electron chi connectivity index (χ3n) is 3.16. The molecule has 5 nitrogen and oxygen atoms in total. The molecule has 1 aromatic rings. The highest BCUT2D eigenvalue weighted by molar-refractivity contribution is 7.91. The molecule has 0 aromatic heterocycles. The molecule has 0 radical (unpaired) electrons. The van der Waals surface area contributed by atoms with Crippen LogP contribution in [0.4, 0.5) is 10.1 Å². The average molecular weight is 287 g/mol. The van der Waals surface area contributed by atoms with E-state index in [2.05, 4.69) is 5.32 Å². The van der Waals surface area contributed by atoms with Gasteiger partial charge in [-0.25, -0.2) is 17.6 Å². The Bertz CT molecular complexity index is 584. The lowest BCUT2D eigenvalue weighted by Gasteiger charge is -2.34. The second-order valence-corrected chi connectivity index (χ2v) is 6.90. The van der Waals surface area contributed by atoms with Gasteiger partial charge < -0.3 is 10.4 Å². The van der Waals surface area contributed by atoms with E-state index in [1.165, 1.54) is 24.3 Å². The summed E-state index contributed by atoms with van der Waals surface area (Å²) < 4.78 is 36.1. The molecule has 0 spiro atoms. The van der Waals surface area contributed by atoms with E-state index in [1.807, 2.05) is 0 Å². The van der Waals surface area contributed by atoms with E-state index in [4.69, 9.17) is 0 Å². The average Bonchev–Trinajstić information content (AvgIpc) is 2.31. The van der Waals surface area contributed by atoms with Gasteiger partial charge in [0, 0.05) is 5.69 Å². The molecule has 0 aliphatic carbocycles. The highest BCUT2D eigenvalue weighted by atomic mass is 32.2. The van der Waals surface area contributed by atoms with E-state index in [-0.39, 0.29) is 12.2 Å². The zero-order valence-electron chi connectivity index (χ0n) is 10.1. The Morgan fingerprint density at radius 3 is 2.47 bits per heavy atom. The number of hydrogen-bond donors (Lipinski definition) is 2. The molecule has 1 aliphatic rings. The molecule has 0 bridgehead atoms. The SMILES string of the molecule is O=C(O)C1(Nc2ccc(F)cc2)CCCS(=O)(=O)C1. The fourth-order valence-corrected chi connectivity index (χ4v) is 4.06. The molecule has 2 rings (SSSR count). The molecule has 104 valence electrons. The monoisotopic (exact) mass is 287 g/mol. The van der Waals surface area contributed by atoms with Gasteiger partial charge in [-0.05, 0) is 37.1 Å². The second-order valence-electron chi connectivity index (χ2n) is 4.71. The number of carboxylic acid groups (broad SMARTS) is 1. The summed E-state index contributed by atoms with van der Waals surface area (Å²) in [5.41, 5.74) is -1.14. The number of benzene rings is 1. The van der Waals surface area contributed by atoms with Crippen LogP contribution in [-0.4, -0.2) is 36.5 Å². The number of rotatable bonds is 3. The first-order valence-electron chi connectivity index (χ1n) is 5.81. The van der Waals surface area contributed by atoms with Crippen LogP contribution in [0.3, 0.4) is 0 Å². The Labute approximate surface area is 110 Å².